The van der Waals surface area contributed by atoms with Crippen molar-refractivity contribution in [3.63, 3.8) is 0 Å². The lowest BCUT2D eigenvalue weighted by Gasteiger charge is -2.53. The second kappa shape index (κ2) is 17.5. The fourth-order valence-electron chi connectivity index (χ4n) is 14.0. The zero-order valence-electron chi connectivity index (χ0n) is 50.5. The van der Waals surface area contributed by atoms with Crippen LogP contribution in [0.25, 0.3) is 0 Å². The molecule has 0 spiro atoms. The van der Waals surface area contributed by atoms with E-state index in [4.69, 9.17) is 0 Å². The second-order valence-corrected chi connectivity index (χ2v) is 30.2. The van der Waals surface area contributed by atoms with Crippen molar-refractivity contribution in [3.8, 4) is 0 Å². The number of hydrogen-bond acceptors (Lipinski definition) is 3. The highest BCUT2D eigenvalue weighted by atomic mass is 15.3. The summed E-state index contributed by atoms with van der Waals surface area (Å²) in [6, 6.07) is 56.7. The van der Waals surface area contributed by atoms with Crippen molar-refractivity contribution < 1.29 is 0 Å². The molecular formula is C73H88BN3. The van der Waals surface area contributed by atoms with Crippen LogP contribution in [0.15, 0.2) is 140 Å². The van der Waals surface area contributed by atoms with Crippen LogP contribution in [0.3, 0.4) is 0 Å². The first-order valence-electron chi connectivity index (χ1n) is 29.2. The molecule has 0 amide bonds. The molecule has 1 saturated carbocycles. The summed E-state index contributed by atoms with van der Waals surface area (Å²) >= 11 is 0. The topological polar surface area (TPSA) is 9.72 Å². The molecule has 11 rings (SSSR count). The van der Waals surface area contributed by atoms with Crippen molar-refractivity contribution in [2.75, 3.05) is 14.7 Å². The third kappa shape index (κ3) is 8.51. The number of anilines is 8. The molecule has 1 aliphatic carbocycles. The van der Waals surface area contributed by atoms with Gasteiger partial charge in [-0.3, -0.25) is 0 Å². The Balaban J connectivity index is 1.27. The van der Waals surface area contributed by atoms with E-state index in [1.807, 2.05) is 0 Å². The molecule has 0 radical (unpaired) electrons. The maximum Gasteiger partial charge on any atom is 0.252 e. The highest BCUT2D eigenvalue weighted by Gasteiger charge is 2.62. The van der Waals surface area contributed by atoms with Crippen LogP contribution in [-0.2, 0) is 37.9 Å². The van der Waals surface area contributed by atoms with Crippen LogP contribution >= 0.6 is 0 Å². The van der Waals surface area contributed by atoms with E-state index < -0.39 is 0 Å². The second-order valence-electron chi connectivity index (χ2n) is 30.2. The summed E-state index contributed by atoms with van der Waals surface area (Å²) in [6.07, 6.45) is 4.55. The van der Waals surface area contributed by atoms with E-state index >= 15 is 0 Å². The van der Waals surface area contributed by atoms with E-state index in [-0.39, 0.29) is 50.2 Å². The largest absolute Gasteiger partial charge is 0.334 e. The molecule has 77 heavy (non-hydrogen) atoms. The summed E-state index contributed by atoms with van der Waals surface area (Å²) in [5.74, 6) is 0. The lowest BCUT2D eigenvalue weighted by atomic mass is 9.33. The molecule has 0 saturated heterocycles. The van der Waals surface area contributed by atoms with E-state index in [9.17, 15) is 0 Å². The Morgan fingerprint density at radius 2 is 0.701 bits per heavy atom. The normalized spacial score (nSPS) is 19.4. The molecule has 1 fully saturated rings. The van der Waals surface area contributed by atoms with Crippen molar-refractivity contribution in [2.45, 2.75) is 201 Å². The average Bonchev–Trinajstić information content (AvgIpc) is 3.89. The number of hydrogen-bond donors (Lipinski definition) is 0. The highest BCUT2D eigenvalue weighted by molar-refractivity contribution is 7.00. The van der Waals surface area contributed by atoms with Crippen LogP contribution in [0.1, 0.15) is 202 Å². The van der Waals surface area contributed by atoms with E-state index in [0.717, 1.165) is 12.8 Å². The molecule has 4 aliphatic rings. The molecule has 0 aromatic heterocycles. The molecule has 3 nitrogen and oxygen atoms in total. The zero-order chi connectivity index (χ0) is 55.4. The van der Waals surface area contributed by atoms with Gasteiger partial charge in [-0.05, 0) is 168 Å². The standard InChI is InChI=1S/C73H88BN3/c1-66(2,3)47-22-24-50(25-23-47)73-41-21-20-40-72(73,19)77(60-37-30-51(42-57(60)73)69(10,11)12)56-45-63-65-64(46-56)76(55-35-28-49(29-36-55)68(7,8)9)62-39-32-53(71(16,17)18)44-59(62)74(65)58-43-52(70(13,14)15)31-38-61(58)75(63)54-33-26-48(27-34-54)67(4,5)6/h22-39,42-46H,20-21,40-41H2,1-19H3. The van der Waals surface area contributed by atoms with Crippen LogP contribution in [0, 0.1) is 0 Å². The Hall–Kier alpha value is -6.00. The summed E-state index contributed by atoms with van der Waals surface area (Å²) in [6.45, 7) is 44.9. The predicted molar refractivity (Wildman–Crippen MR) is 335 cm³/mol. The van der Waals surface area contributed by atoms with Gasteiger partial charge < -0.3 is 14.7 Å². The fourth-order valence-corrected chi connectivity index (χ4v) is 14.0. The first kappa shape index (κ1) is 53.0. The van der Waals surface area contributed by atoms with Crippen LogP contribution < -0.4 is 31.1 Å². The first-order chi connectivity index (χ1) is 35.8. The molecule has 398 valence electrons. The van der Waals surface area contributed by atoms with Crippen molar-refractivity contribution in [3.05, 3.63) is 184 Å². The van der Waals surface area contributed by atoms with Crippen molar-refractivity contribution in [1.82, 2.24) is 0 Å². The molecule has 0 bridgehead atoms. The minimum Gasteiger partial charge on any atom is -0.334 e. The monoisotopic (exact) mass is 1020 g/mol. The number of benzene rings is 7. The zero-order valence-corrected chi connectivity index (χ0v) is 50.5. The van der Waals surface area contributed by atoms with Gasteiger partial charge in [0, 0.05) is 50.9 Å². The van der Waals surface area contributed by atoms with Gasteiger partial charge in [0.1, 0.15) is 0 Å². The van der Waals surface area contributed by atoms with Gasteiger partial charge in [0.15, 0.2) is 0 Å². The van der Waals surface area contributed by atoms with Crippen molar-refractivity contribution in [2.24, 2.45) is 0 Å². The minimum atomic E-state index is -0.283. The molecule has 4 heteroatoms. The van der Waals surface area contributed by atoms with Crippen LogP contribution in [-0.4, -0.2) is 12.3 Å². The molecule has 2 atom stereocenters. The van der Waals surface area contributed by atoms with E-state index in [0.29, 0.717) is 0 Å². The smallest absolute Gasteiger partial charge is 0.252 e. The van der Waals surface area contributed by atoms with E-state index in [2.05, 4.69) is 286 Å². The summed E-state index contributed by atoms with van der Waals surface area (Å²) < 4.78 is 0. The summed E-state index contributed by atoms with van der Waals surface area (Å²) in [4.78, 5) is 8.15. The maximum atomic E-state index is 2.86. The third-order valence-electron chi connectivity index (χ3n) is 18.7. The van der Waals surface area contributed by atoms with Crippen LogP contribution in [0.5, 0.6) is 0 Å². The fraction of sp³-hybridized carbons (Fsp3) is 0.425. The Morgan fingerprint density at radius 1 is 0.351 bits per heavy atom. The van der Waals surface area contributed by atoms with E-state index in [1.54, 1.807) is 0 Å². The average molecular weight is 1020 g/mol. The van der Waals surface area contributed by atoms with Gasteiger partial charge in [-0.15, -0.1) is 0 Å². The molecule has 3 aliphatic heterocycles. The van der Waals surface area contributed by atoms with Crippen molar-refractivity contribution >= 4 is 68.6 Å². The number of rotatable bonds is 4. The van der Waals surface area contributed by atoms with Crippen LogP contribution in [0.4, 0.5) is 45.5 Å². The van der Waals surface area contributed by atoms with Gasteiger partial charge in [-0.2, -0.15) is 0 Å². The third-order valence-corrected chi connectivity index (χ3v) is 18.7. The SMILES string of the molecule is CC(C)(C)c1ccc(N2c3ccc(C(C)(C)C)cc3B3c4cc(C(C)(C)C)ccc4N(c4ccc(C(C)(C)C)cc4)c4cc(N5c6ccc(C(C)(C)C)cc6C6(c7ccc(C(C)(C)C)cc7)CCCCC56C)cc2c43)cc1. The van der Waals surface area contributed by atoms with Gasteiger partial charge in [-0.1, -0.05) is 222 Å². The first-order valence-corrected chi connectivity index (χ1v) is 29.2. The summed E-state index contributed by atoms with van der Waals surface area (Å²) in [5.41, 5.74) is 24.6. The van der Waals surface area contributed by atoms with Gasteiger partial charge in [0.2, 0.25) is 0 Å². The molecule has 7 aromatic rings. The Kier molecular flexibility index (Phi) is 12.1. The minimum absolute atomic E-state index is 0.00950. The molecule has 7 aromatic carbocycles. The summed E-state index contributed by atoms with van der Waals surface area (Å²) in [5, 5.41) is 0. The molecule has 0 N–H and O–H groups in total. The van der Waals surface area contributed by atoms with Gasteiger partial charge in [0.25, 0.3) is 6.71 Å². The Labute approximate surface area is 465 Å². The Bertz CT molecular complexity index is 3280. The summed E-state index contributed by atoms with van der Waals surface area (Å²) in [7, 11) is 0. The van der Waals surface area contributed by atoms with Crippen molar-refractivity contribution in [1.29, 1.82) is 0 Å². The quantitative estimate of drug-likeness (QED) is 0.163. The van der Waals surface area contributed by atoms with Gasteiger partial charge in [0.05, 0.1) is 5.54 Å². The van der Waals surface area contributed by atoms with Gasteiger partial charge >= 0.3 is 0 Å². The number of nitrogens with zero attached hydrogens (tertiary/aromatic N) is 3. The molecule has 3 heterocycles. The lowest BCUT2D eigenvalue weighted by molar-refractivity contribution is 0.215. The molecular weight excluding hydrogens is 930 g/mol. The van der Waals surface area contributed by atoms with Gasteiger partial charge in [-0.25, -0.2) is 0 Å². The Morgan fingerprint density at radius 3 is 1.10 bits per heavy atom. The number of fused-ring (bicyclic) bond motifs is 7. The molecule has 2 unspecified atom stereocenters. The lowest BCUT2D eigenvalue weighted by Crippen LogP contribution is -2.62. The maximum absolute atomic E-state index is 2.86. The van der Waals surface area contributed by atoms with Crippen LogP contribution in [0.2, 0.25) is 0 Å². The van der Waals surface area contributed by atoms with E-state index in [1.165, 1.54) is 119 Å². The predicted octanol–water partition coefficient (Wildman–Crippen LogP) is 18.3. The highest BCUT2D eigenvalue weighted by Crippen LogP contribution is 2.65.